The monoisotopic (exact) mass is 341 g/mol. The Morgan fingerprint density at radius 3 is 2.71 bits per heavy atom. The second kappa shape index (κ2) is 6.37. The summed E-state index contributed by atoms with van der Waals surface area (Å²) in [6, 6.07) is 10.2. The van der Waals surface area contributed by atoms with Crippen LogP contribution in [-0.2, 0) is 11.8 Å². The number of carboxylic acid groups (broad SMARTS) is 1. The van der Waals surface area contributed by atoms with E-state index in [-0.39, 0.29) is 11.5 Å². The van der Waals surface area contributed by atoms with Crippen LogP contribution in [0.25, 0.3) is 6.08 Å². The number of carbonyl (C=O) groups excluding carboxylic acids is 1. The van der Waals surface area contributed by atoms with Gasteiger partial charge in [-0.1, -0.05) is 6.07 Å². The van der Waals surface area contributed by atoms with Crippen molar-refractivity contribution >= 4 is 40.6 Å². The SMILES string of the molecule is CN1C(=O)/C(=C/c2cccn2C)SC1=Nc1cccc(C(=O)O)c1. The first-order valence-electron chi connectivity index (χ1n) is 7.16. The Hall–Kier alpha value is -2.80. The molecule has 1 fully saturated rings. The number of aromatic carboxylic acids is 1. The average Bonchev–Trinajstić information content (AvgIpc) is 3.07. The molecule has 1 saturated heterocycles. The highest BCUT2D eigenvalue weighted by atomic mass is 32.2. The van der Waals surface area contributed by atoms with Gasteiger partial charge in [0.25, 0.3) is 5.91 Å². The molecule has 2 aromatic rings. The fourth-order valence-corrected chi connectivity index (χ4v) is 3.20. The van der Waals surface area contributed by atoms with E-state index in [1.165, 1.54) is 28.8 Å². The van der Waals surface area contributed by atoms with Gasteiger partial charge < -0.3 is 9.67 Å². The van der Waals surface area contributed by atoms with E-state index in [1.54, 1.807) is 19.2 Å². The molecule has 0 unspecified atom stereocenters. The van der Waals surface area contributed by atoms with Crippen molar-refractivity contribution in [2.45, 2.75) is 0 Å². The molecule has 0 saturated carbocycles. The number of nitrogens with zero attached hydrogens (tertiary/aromatic N) is 3. The van der Waals surface area contributed by atoms with Crippen molar-refractivity contribution in [1.82, 2.24) is 9.47 Å². The summed E-state index contributed by atoms with van der Waals surface area (Å²) in [5.41, 5.74) is 1.58. The van der Waals surface area contributed by atoms with Crippen LogP contribution in [0.15, 0.2) is 52.5 Å². The molecular formula is C17H15N3O3S. The first kappa shape index (κ1) is 16.1. The van der Waals surface area contributed by atoms with E-state index in [1.807, 2.05) is 36.0 Å². The van der Waals surface area contributed by atoms with Crippen molar-refractivity contribution in [2.24, 2.45) is 12.0 Å². The minimum absolute atomic E-state index is 0.130. The third kappa shape index (κ3) is 3.11. The van der Waals surface area contributed by atoms with Crippen LogP contribution in [0.1, 0.15) is 16.1 Å². The first-order chi connectivity index (χ1) is 11.5. The van der Waals surface area contributed by atoms with Gasteiger partial charge in [0.2, 0.25) is 0 Å². The van der Waals surface area contributed by atoms with Crippen LogP contribution in [0.4, 0.5) is 5.69 Å². The molecule has 0 aliphatic carbocycles. The number of hydrogen-bond acceptors (Lipinski definition) is 4. The van der Waals surface area contributed by atoms with E-state index in [0.717, 1.165) is 5.69 Å². The summed E-state index contributed by atoms with van der Waals surface area (Å²) in [5, 5.41) is 9.56. The fourth-order valence-electron chi connectivity index (χ4n) is 2.23. The van der Waals surface area contributed by atoms with Crippen molar-refractivity contribution in [2.75, 3.05) is 7.05 Å². The number of hydrogen-bond donors (Lipinski definition) is 1. The highest BCUT2D eigenvalue weighted by Crippen LogP contribution is 2.33. The van der Waals surface area contributed by atoms with Crippen LogP contribution in [0.3, 0.4) is 0 Å². The van der Waals surface area contributed by atoms with Crippen molar-refractivity contribution in [3.8, 4) is 0 Å². The average molecular weight is 341 g/mol. The Kier molecular flexibility index (Phi) is 4.26. The zero-order chi connectivity index (χ0) is 17.3. The molecule has 1 N–H and O–H groups in total. The predicted octanol–water partition coefficient (Wildman–Crippen LogP) is 2.96. The zero-order valence-electron chi connectivity index (χ0n) is 13.1. The second-order valence-corrected chi connectivity index (χ2v) is 6.28. The molecule has 1 aliphatic heterocycles. The molecule has 0 spiro atoms. The predicted molar refractivity (Wildman–Crippen MR) is 94.2 cm³/mol. The Morgan fingerprint density at radius 1 is 1.25 bits per heavy atom. The minimum atomic E-state index is -1.01. The molecule has 6 nitrogen and oxygen atoms in total. The Balaban J connectivity index is 1.91. The molecule has 0 atom stereocenters. The van der Waals surface area contributed by atoms with Gasteiger partial charge in [-0.2, -0.15) is 0 Å². The van der Waals surface area contributed by atoms with E-state index in [2.05, 4.69) is 4.99 Å². The number of amides is 1. The fraction of sp³-hybridized carbons (Fsp3) is 0.118. The molecule has 0 radical (unpaired) electrons. The number of likely N-dealkylation sites (N-methyl/N-ethyl adjacent to an activating group) is 1. The highest BCUT2D eigenvalue weighted by molar-refractivity contribution is 8.18. The maximum absolute atomic E-state index is 12.4. The molecule has 1 amide bonds. The number of aromatic nitrogens is 1. The molecule has 3 rings (SSSR count). The van der Waals surface area contributed by atoms with Crippen LogP contribution < -0.4 is 0 Å². The minimum Gasteiger partial charge on any atom is -0.478 e. The molecule has 24 heavy (non-hydrogen) atoms. The molecule has 0 bridgehead atoms. The van der Waals surface area contributed by atoms with Gasteiger partial charge in [0.05, 0.1) is 16.2 Å². The van der Waals surface area contributed by atoms with Gasteiger partial charge in [-0.05, 0) is 48.2 Å². The third-order valence-corrected chi connectivity index (χ3v) is 4.64. The van der Waals surface area contributed by atoms with E-state index in [9.17, 15) is 9.59 Å². The largest absolute Gasteiger partial charge is 0.478 e. The molecule has 1 aromatic heterocycles. The number of thioether (sulfide) groups is 1. The molecule has 2 heterocycles. The lowest BCUT2D eigenvalue weighted by atomic mass is 10.2. The van der Waals surface area contributed by atoms with Gasteiger partial charge in [0.1, 0.15) is 0 Å². The molecular weight excluding hydrogens is 326 g/mol. The van der Waals surface area contributed by atoms with Crippen LogP contribution in [-0.4, -0.2) is 38.7 Å². The topological polar surface area (TPSA) is 74.9 Å². The Morgan fingerprint density at radius 2 is 2.04 bits per heavy atom. The second-order valence-electron chi connectivity index (χ2n) is 5.27. The number of aryl methyl sites for hydroxylation is 1. The highest BCUT2D eigenvalue weighted by Gasteiger charge is 2.30. The summed E-state index contributed by atoms with van der Waals surface area (Å²) in [6.45, 7) is 0. The van der Waals surface area contributed by atoms with Gasteiger partial charge in [-0.3, -0.25) is 9.69 Å². The van der Waals surface area contributed by atoms with E-state index in [0.29, 0.717) is 15.8 Å². The summed E-state index contributed by atoms with van der Waals surface area (Å²) >= 11 is 1.27. The van der Waals surface area contributed by atoms with Gasteiger partial charge in [-0.25, -0.2) is 9.79 Å². The van der Waals surface area contributed by atoms with Gasteiger partial charge in [0.15, 0.2) is 5.17 Å². The lowest BCUT2D eigenvalue weighted by molar-refractivity contribution is -0.121. The number of rotatable bonds is 3. The third-order valence-electron chi connectivity index (χ3n) is 3.58. The van der Waals surface area contributed by atoms with Gasteiger partial charge >= 0.3 is 5.97 Å². The van der Waals surface area contributed by atoms with Crippen LogP contribution in [0.2, 0.25) is 0 Å². The molecule has 7 heteroatoms. The van der Waals surface area contributed by atoms with Gasteiger partial charge in [-0.15, -0.1) is 0 Å². The normalized spacial score (nSPS) is 17.9. The van der Waals surface area contributed by atoms with Crippen LogP contribution in [0.5, 0.6) is 0 Å². The molecule has 1 aliphatic rings. The number of carbonyl (C=O) groups is 2. The summed E-state index contributed by atoms with van der Waals surface area (Å²) in [4.78, 5) is 29.9. The lowest BCUT2D eigenvalue weighted by Gasteiger charge is -2.07. The zero-order valence-corrected chi connectivity index (χ0v) is 13.9. The Bertz CT molecular complexity index is 883. The van der Waals surface area contributed by atoms with Crippen molar-refractivity contribution in [1.29, 1.82) is 0 Å². The summed E-state index contributed by atoms with van der Waals surface area (Å²) in [7, 11) is 3.56. The van der Waals surface area contributed by atoms with E-state index in [4.69, 9.17) is 5.11 Å². The smallest absolute Gasteiger partial charge is 0.335 e. The summed E-state index contributed by atoms with van der Waals surface area (Å²) < 4.78 is 1.92. The van der Waals surface area contributed by atoms with Crippen LogP contribution >= 0.6 is 11.8 Å². The van der Waals surface area contributed by atoms with E-state index < -0.39 is 5.97 Å². The van der Waals surface area contributed by atoms with Crippen molar-refractivity contribution in [3.63, 3.8) is 0 Å². The maximum Gasteiger partial charge on any atom is 0.335 e. The number of amidine groups is 1. The quantitative estimate of drug-likeness (QED) is 0.871. The first-order valence-corrected chi connectivity index (χ1v) is 7.98. The molecule has 122 valence electrons. The molecule has 1 aromatic carbocycles. The number of carboxylic acids is 1. The number of aliphatic imine (C=N–C) groups is 1. The Labute approximate surface area is 143 Å². The standard InChI is InChI=1S/C17H15N3O3S/c1-19-8-4-7-13(19)10-14-15(21)20(2)17(24-14)18-12-6-3-5-11(9-12)16(22)23/h3-10H,1-2H3,(H,22,23)/b14-10-,18-17?. The van der Waals surface area contributed by atoms with E-state index >= 15 is 0 Å². The maximum atomic E-state index is 12.4. The van der Waals surface area contributed by atoms with Gasteiger partial charge in [0, 0.05) is 26.0 Å². The lowest BCUT2D eigenvalue weighted by Crippen LogP contribution is -2.23. The number of benzene rings is 1. The summed E-state index contributed by atoms with van der Waals surface area (Å²) in [5.74, 6) is -1.14. The van der Waals surface area contributed by atoms with Crippen molar-refractivity contribution < 1.29 is 14.7 Å². The van der Waals surface area contributed by atoms with Crippen LogP contribution in [0, 0.1) is 0 Å². The van der Waals surface area contributed by atoms with Crippen molar-refractivity contribution in [3.05, 3.63) is 58.8 Å². The summed E-state index contributed by atoms with van der Waals surface area (Å²) in [6.07, 6.45) is 3.73.